The predicted molar refractivity (Wildman–Crippen MR) is 155 cm³/mol. The van der Waals surface area contributed by atoms with Crippen molar-refractivity contribution >= 4 is 8.32 Å². The Balaban J connectivity index is 1.60. The first-order valence-corrected chi connectivity index (χ1v) is 18.9. The maximum atomic E-state index is 6.84. The van der Waals surface area contributed by atoms with E-state index in [1.165, 1.54) is 70.6 Å². The number of hydrogen-bond donors (Lipinski definition) is 0. The summed E-state index contributed by atoms with van der Waals surface area (Å²) in [5.74, 6) is 3.41. The van der Waals surface area contributed by atoms with Crippen molar-refractivity contribution in [2.24, 2.45) is 45.3 Å². The Bertz CT molecular complexity index is 817. The third-order valence-corrected chi connectivity index (χ3v) is 13.4. The zero-order valence-corrected chi connectivity index (χ0v) is 26.6. The molecule has 202 valence electrons. The summed E-state index contributed by atoms with van der Waals surface area (Å²) in [6.07, 6.45) is 15.8. The molecule has 0 amide bonds. The van der Waals surface area contributed by atoms with Crippen LogP contribution in [0.1, 0.15) is 126 Å². The fourth-order valence-corrected chi connectivity index (χ4v) is 11.6. The Morgan fingerprint density at radius 3 is 2.14 bits per heavy atom. The van der Waals surface area contributed by atoms with Gasteiger partial charge in [-0.15, -0.1) is 0 Å². The van der Waals surface area contributed by atoms with Gasteiger partial charge >= 0.3 is 0 Å². The maximum Gasteiger partial charge on any atom is 0.184 e. The van der Waals surface area contributed by atoms with E-state index in [0.717, 1.165) is 23.7 Å². The first-order valence-electron chi connectivity index (χ1n) is 15.5. The molecule has 0 heterocycles. The van der Waals surface area contributed by atoms with Crippen LogP contribution in [0.25, 0.3) is 0 Å². The van der Waals surface area contributed by atoms with E-state index in [9.17, 15) is 0 Å². The molecule has 4 aliphatic rings. The van der Waals surface area contributed by atoms with Crippen molar-refractivity contribution in [3.8, 4) is 0 Å². The van der Waals surface area contributed by atoms with Crippen LogP contribution in [0, 0.1) is 45.3 Å². The minimum absolute atomic E-state index is 0.274. The molecular formula is C33H60OSi. The van der Waals surface area contributed by atoms with E-state index < -0.39 is 8.32 Å². The van der Waals surface area contributed by atoms with Gasteiger partial charge in [0.05, 0.1) is 6.10 Å². The largest absolute Gasteiger partial charge is 0.414 e. The van der Waals surface area contributed by atoms with Gasteiger partial charge < -0.3 is 4.43 Å². The zero-order chi connectivity index (χ0) is 26.0. The molecule has 7 atom stereocenters. The fourth-order valence-electron chi connectivity index (χ4n) is 10.3. The number of hydrogen-bond acceptors (Lipinski definition) is 1. The van der Waals surface area contributed by atoms with Crippen molar-refractivity contribution in [3.63, 3.8) is 0 Å². The van der Waals surface area contributed by atoms with Gasteiger partial charge in [0.2, 0.25) is 0 Å². The van der Waals surface area contributed by atoms with Gasteiger partial charge in [-0.3, -0.25) is 0 Å². The third kappa shape index (κ3) is 4.57. The van der Waals surface area contributed by atoms with Crippen LogP contribution in [-0.2, 0) is 4.43 Å². The van der Waals surface area contributed by atoms with E-state index in [1.54, 1.807) is 0 Å². The third-order valence-electron chi connectivity index (χ3n) is 12.4. The molecule has 0 spiro atoms. The van der Waals surface area contributed by atoms with Gasteiger partial charge in [0, 0.05) is 0 Å². The second kappa shape index (κ2) is 9.28. The predicted octanol–water partition coefficient (Wildman–Crippen LogP) is 10.4. The molecule has 2 saturated carbocycles. The molecule has 4 rings (SSSR count). The van der Waals surface area contributed by atoms with Crippen LogP contribution in [0.15, 0.2) is 11.1 Å². The monoisotopic (exact) mass is 500 g/mol. The fraction of sp³-hybridized carbons (Fsp3) is 0.939. The SMILES string of the molecule is CC(C)CCCC(C)C1CCC2(C)C3=C(CCC12C)C1(C)CCC(O[Si](C)(C)C)C(C)(C)C1CC3. The molecule has 1 nitrogen and oxygen atoms in total. The molecule has 0 N–H and O–H groups in total. The zero-order valence-electron chi connectivity index (χ0n) is 25.6. The molecule has 4 aliphatic carbocycles. The quantitative estimate of drug-likeness (QED) is 0.249. The Kier molecular flexibility index (Phi) is 7.41. The van der Waals surface area contributed by atoms with Gasteiger partial charge in [-0.25, -0.2) is 0 Å². The van der Waals surface area contributed by atoms with Crippen molar-refractivity contribution in [1.82, 2.24) is 0 Å². The van der Waals surface area contributed by atoms with Crippen molar-refractivity contribution < 1.29 is 4.43 Å². The first-order chi connectivity index (χ1) is 16.1. The molecule has 35 heavy (non-hydrogen) atoms. The minimum atomic E-state index is -1.54. The summed E-state index contributed by atoms with van der Waals surface area (Å²) in [6, 6.07) is 0. The lowest BCUT2D eigenvalue weighted by molar-refractivity contribution is -0.0885. The highest BCUT2D eigenvalue weighted by atomic mass is 28.4. The lowest BCUT2D eigenvalue weighted by atomic mass is 9.43. The molecule has 0 aromatic rings. The second-order valence-corrected chi connectivity index (χ2v) is 20.7. The van der Waals surface area contributed by atoms with Crippen LogP contribution in [0.3, 0.4) is 0 Å². The normalized spacial score (nSPS) is 42.0. The highest BCUT2D eigenvalue weighted by Gasteiger charge is 2.63. The van der Waals surface area contributed by atoms with Gasteiger partial charge in [-0.05, 0) is 116 Å². The highest BCUT2D eigenvalue weighted by Crippen LogP contribution is 2.72. The lowest BCUT2D eigenvalue weighted by Gasteiger charge is -2.63. The van der Waals surface area contributed by atoms with Crippen LogP contribution < -0.4 is 0 Å². The van der Waals surface area contributed by atoms with Crippen LogP contribution in [0.2, 0.25) is 19.6 Å². The Morgan fingerprint density at radius 1 is 0.829 bits per heavy atom. The molecule has 0 radical (unpaired) electrons. The summed E-state index contributed by atoms with van der Waals surface area (Å²) in [5, 5.41) is 0. The molecule has 0 saturated heterocycles. The molecule has 7 unspecified atom stereocenters. The highest BCUT2D eigenvalue weighted by molar-refractivity contribution is 6.69. The summed E-state index contributed by atoms with van der Waals surface area (Å²) in [5.41, 5.74) is 5.48. The number of fused-ring (bicyclic) bond motifs is 4. The molecule has 0 aromatic heterocycles. The van der Waals surface area contributed by atoms with Crippen molar-refractivity contribution in [2.45, 2.75) is 152 Å². The van der Waals surface area contributed by atoms with E-state index in [-0.39, 0.29) is 5.41 Å². The second-order valence-electron chi connectivity index (χ2n) is 16.2. The summed E-state index contributed by atoms with van der Waals surface area (Å²) >= 11 is 0. The molecule has 0 bridgehead atoms. The summed E-state index contributed by atoms with van der Waals surface area (Å²) in [7, 11) is -1.54. The van der Waals surface area contributed by atoms with E-state index in [2.05, 4.69) is 75.0 Å². The Hall–Kier alpha value is -0.0831. The summed E-state index contributed by atoms with van der Waals surface area (Å²) in [6.45, 7) is 27.8. The van der Waals surface area contributed by atoms with Crippen LogP contribution in [0.5, 0.6) is 0 Å². The lowest BCUT2D eigenvalue weighted by Crippen LogP contribution is -2.56. The van der Waals surface area contributed by atoms with Crippen molar-refractivity contribution in [2.75, 3.05) is 0 Å². The maximum absolute atomic E-state index is 6.84. The average molecular weight is 501 g/mol. The van der Waals surface area contributed by atoms with Crippen LogP contribution in [-0.4, -0.2) is 14.4 Å². The first kappa shape index (κ1) is 27.9. The van der Waals surface area contributed by atoms with Gasteiger partial charge in [0.25, 0.3) is 0 Å². The van der Waals surface area contributed by atoms with Gasteiger partial charge in [0.1, 0.15) is 0 Å². The Morgan fingerprint density at radius 2 is 1.51 bits per heavy atom. The molecular weight excluding hydrogens is 440 g/mol. The van der Waals surface area contributed by atoms with Crippen LogP contribution in [0.4, 0.5) is 0 Å². The van der Waals surface area contributed by atoms with E-state index in [4.69, 9.17) is 4.43 Å². The van der Waals surface area contributed by atoms with E-state index >= 15 is 0 Å². The van der Waals surface area contributed by atoms with Crippen molar-refractivity contribution in [1.29, 1.82) is 0 Å². The molecule has 2 fully saturated rings. The van der Waals surface area contributed by atoms with Crippen LogP contribution >= 0.6 is 0 Å². The standard InChI is InChI=1S/C33H60OSi/c1-23(2)13-12-14-24(3)25-17-21-33(8)27-15-16-28-30(4,5)29(34-35(9,10)11)19-20-31(28,6)26(27)18-22-32(25,33)7/h23-25,28-29H,12-22H2,1-11H3. The average Bonchev–Trinajstić information content (AvgIpc) is 3.01. The number of allylic oxidation sites excluding steroid dienone is 2. The summed E-state index contributed by atoms with van der Waals surface area (Å²) < 4.78 is 6.84. The Labute approximate surface area is 220 Å². The van der Waals surface area contributed by atoms with Crippen molar-refractivity contribution in [3.05, 3.63) is 11.1 Å². The van der Waals surface area contributed by atoms with Gasteiger partial charge in [-0.1, -0.05) is 85.8 Å². The van der Waals surface area contributed by atoms with Gasteiger partial charge in [0.15, 0.2) is 8.32 Å². The summed E-state index contributed by atoms with van der Waals surface area (Å²) in [4.78, 5) is 0. The molecule has 0 aliphatic heterocycles. The van der Waals surface area contributed by atoms with E-state index in [0.29, 0.717) is 22.3 Å². The number of rotatable bonds is 7. The molecule has 0 aromatic carbocycles. The minimum Gasteiger partial charge on any atom is -0.414 e. The topological polar surface area (TPSA) is 9.23 Å². The molecule has 2 heteroatoms. The van der Waals surface area contributed by atoms with E-state index in [1.807, 2.05) is 11.1 Å². The smallest absolute Gasteiger partial charge is 0.184 e. The van der Waals surface area contributed by atoms with Gasteiger partial charge in [-0.2, -0.15) is 0 Å².